The highest BCUT2D eigenvalue weighted by molar-refractivity contribution is 5.28. The van der Waals surface area contributed by atoms with Gasteiger partial charge < -0.3 is 14.3 Å². The first-order valence-corrected chi connectivity index (χ1v) is 8.45. The molecule has 4 heteroatoms. The molecule has 0 saturated carbocycles. The summed E-state index contributed by atoms with van der Waals surface area (Å²) in [6.45, 7) is 7.51. The normalized spacial score (nSPS) is 9.84. The molecule has 2 aromatic rings. The molecule has 0 N–H and O–H groups in total. The Balaban J connectivity index is 1.71. The molecule has 0 aliphatic rings. The lowest BCUT2D eigenvalue weighted by Crippen LogP contribution is -2.05. The molecule has 0 aromatic heterocycles. The summed E-state index contributed by atoms with van der Waals surface area (Å²) in [5.74, 6) is 1.53. The lowest BCUT2D eigenvalue weighted by molar-refractivity contribution is 0.120. The van der Waals surface area contributed by atoms with E-state index >= 15 is 0 Å². The number of unbranched alkanes of at least 4 members (excludes halogenated alkanes) is 1. The van der Waals surface area contributed by atoms with Crippen LogP contribution in [0.5, 0.6) is 11.5 Å². The van der Waals surface area contributed by atoms with E-state index in [2.05, 4.69) is 10.9 Å². The Labute approximate surface area is 149 Å². The molecule has 0 amide bonds. The van der Waals surface area contributed by atoms with Crippen LogP contribution in [-0.2, 0) is 12.8 Å². The van der Waals surface area contributed by atoms with Crippen molar-refractivity contribution in [2.45, 2.75) is 32.1 Å². The molecule has 128 valence electrons. The van der Waals surface area contributed by atoms with Gasteiger partial charge in [-0.25, -0.2) is 6.57 Å². The topological polar surface area (TPSA) is 46.6 Å². The molecule has 25 heavy (non-hydrogen) atoms. The third kappa shape index (κ3) is 6.97. The average molecular weight is 334 g/mol. The summed E-state index contributed by atoms with van der Waals surface area (Å²) in [6, 6.07) is 17.9. The van der Waals surface area contributed by atoms with Crippen LogP contribution in [-0.4, -0.2) is 13.3 Å². The zero-order valence-electron chi connectivity index (χ0n) is 14.3. The molecule has 2 aromatic carbocycles. The molecular weight excluding hydrogens is 312 g/mol. The van der Waals surface area contributed by atoms with E-state index in [1.807, 2.05) is 48.5 Å². The van der Waals surface area contributed by atoms with Crippen LogP contribution in [0.15, 0.2) is 48.5 Å². The standard InChI is InChI=1S/C21H22N2O2/c1-23-16-4-6-19-9-13-21(14-10-19)25-17-24-20-11-7-18(8-12-20)5-2-3-15-22/h7-14H,2-6,16-17H2. The first-order valence-electron chi connectivity index (χ1n) is 8.45. The largest absolute Gasteiger partial charge is 0.458 e. The highest BCUT2D eigenvalue weighted by Gasteiger charge is 1.99. The van der Waals surface area contributed by atoms with Gasteiger partial charge in [-0.2, -0.15) is 5.26 Å². The zero-order valence-corrected chi connectivity index (χ0v) is 14.3. The van der Waals surface area contributed by atoms with Gasteiger partial charge in [0.1, 0.15) is 11.5 Å². The summed E-state index contributed by atoms with van der Waals surface area (Å²) >= 11 is 0. The second-order valence-corrected chi connectivity index (χ2v) is 5.69. The highest BCUT2D eigenvalue weighted by atomic mass is 16.7. The molecule has 0 saturated heterocycles. The van der Waals surface area contributed by atoms with Crippen molar-refractivity contribution in [1.82, 2.24) is 0 Å². The number of aryl methyl sites for hydroxylation is 2. The van der Waals surface area contributed by atoms with E-state index in [0.717, 1.165) is 37.2 Å². The Morgan fingerprint density at radius 1 is 0.840 bits per heavy atom. The van der Waals surface area contributed by atoms with E-state index in [4.69, 9.17) is 21.3 Å². The van der Waals surface area contributed by atoms with E-state index in [0.29, 0.717) is 13.0 Å². The Morgan fingerprint density at radius 3 is 1.84 bits per heavy atom. The fourth-order valence-electron chi connectivity index (χ4n) is 2.40. The second-order valence-electron chi connectivity index (χ2n) is 5.69. The van der Waals surface area contributed by atoms with Crippen molar-refractivity contribution in [3.63, 3.8) is 0 Å². The van der Waals surface area contributed by atoms with Gasteiger partial charge in [0, 0.05) is 12.8 Å². The van der Waals surface area contributed by atoms with Gasteiger partial charge in [-0.05, 0) is 54.7 Å². The molecule has 4 nitrogen and oxygen atoms in total. The van der Waals surface area contributed by atoms with Crippen molar-refractivity contribution in [3.8, 4) is 17.6 Å². The van der Waals surface area contributed by atoms with Gasteiger partial charge in [-0.15, -0.1) is 0 Å². The molecule has 0 unspecified atom stereocenters. The first-order chi connectivity index (χ1) is 12.3. The number of ether oxygens (including phenoxy) is 2. The maximum Gasteiger partial charge on any atom is 0.230 e. The Morgan fingerprint density at radius 2 is 1.36 bits per heavy atom. The molecule has 0 atom stereocenters. The fraction of sp³-hybridized carbons (Fsp3) is 0.333. The SMILES string of the molecule is [C-]#[N+]CCCc1ccc(OCOc2ccc(CCCC#N)cc2)cc1. The zero-order chi connectivity index (χ0) is 17.7. The third-order valence-corrected chi connectivity index (χ3v) is 3.79. The highest BCUT2D eigenvalue weighted by Crippen LogP contribution is 2.16. The second kappa shape index (κ2) is 10.7. The van der Waals surface area contributed by atoms with Gasteiger partial charge in [-0.3, -0.25) is 0 Å². The van der Waals surface area contributed by atoms with Crippen molar-refractivity contribution in [2.75, 3.05) is 13.3 Å². The van der Waals surface area contributed by atoms with Crippen LogP contribution in [0.4, 0.5) is 0 Å². The van der Waals surface area contributed by atoms with E-state index in [1.54, 1.807) is 0 Å². The van der Waals surface area contributed by atoms with Crippen molar-refractivity contribution in [1.29, 1.82) is 5.26 Å². The lowest BCUT2D eigenvalue weighted by Gasteiger charge is -2.09. The van der Waals surface area contributed by atoms with Crippen molar-refractivity contribution in [2.24, 2.45) is 0 Å². The quantitative estimate of drug-likeness (QED) is 0.356. The molecule has 0 aliphatic carbocycles. The van der Waals surface area contributed by atoms with E-state index in [1.165, 1.54) is 11.1 Å². The number of hydrogen-bond donors (Lipinski definition) is 0. The summed E-state index contributed by atoms with van der Waals surface area (Å²) in [6.07, 6.45) is 4.18. The van der Waals surface area contributed by atoms with Crippen LogP contribution in [0.2, 0.25) is 0 Å². The predicted octanol–water partition coefficient (Wildman–Crippen LogP) is 4.80. The Bertz CT molecular complexity index is 646. The van der Waals surface area contributed by atoms with Crippen LogP contribution in [0.3, 0.4) is 0 Å². The number of benzene rings is 2. The molecule has 0 spiro atoms. The number of nitrogens with zero attached hydrogens (tertiary/aromatic N) is 2. The maximum atomic E-state index is 8.55. The molecule has 0 heterocycles. The average Bonchev–Trinajstić information content (AvgIpc) is 2.65. The van der Waals surface area contributed by atoms with Gasteiger partial charge in [0.25, 0.3) is 0 Å². The Kier molecular flexibility index (Phi) is 7.88. The van der Waals surface area contributed by atoms with Crippen LogP contribution in [0.1, 0.15) is 30.4 Å². The fourth-order valence-corrected chi connectivity index (χ4v) is 2.40. The van der Waals surface area contributed by atoms with Gasteiger partial charge in [0.15, 0.2) is 0 Å². The van der Waals surface area contributed by atoms with E-state index in [-0.39, 0.29) is 6.79 Å². The van der Waals surface area contributed by atoms with Crippen molar-refractivity contribution >= 4 is 0 Å². The first kappa shape index (κ1) is 18.4. The number of hydrogen-bond acceptors (Lipinski definition) is 3. The summed E-state index contributed by atoms with van der Waals surface area (Å²) < 4.78 is 11.2. The third-order valence-electron chi connectivity index (χ3n) is 3.79. The van der Waals surface area contributed by atoms with Gasteiger partial charge in [0.05, 0.1) is 6.07 Å². The van der Waals surface area contributed by atoms with Gasteiger partial charge >= 0.3 is 0 Å². The minimum Gasteiger partial charge on any atom is -0.458 e. The molecule has 0 bridgehead atoms. The summed E-state index contributed by atoms with van der Waals surface area (Å²) in [7, 11) is 0. The smallest absolute Gasteiger partial charge is 0.230 e. The van der Waals surface area contributed by atoms with Crippen LogP contribution >= 0.6 is 0 Å². The maximum absolute atomic E-state index is 8.55. The van der Waals surface area contributed by atoms with E-state index < -0.39 is 0 Å². The molecule has 0 fully saturated rings. The van der Waals surface area contributed by atoms with Crippen LogP contribution in [0, 0.1) is 17.9 Å². The summed E-state index contributed by atoms with van der Waals surface area (Å²) in [5, 5.41) is 8.55. The van der Waals surface area contributed by atoms with Crippen molar-refractivity contribution in [3.05, 3.63) is 71.1 Å². The van der Waals surface area contributed by atoms with Crippen molar-refractivity contribution < 1.29 is 9.47 Å². The molecule has 2 rings (SSSR count). The molecule has 0 radical (unpaired) electrons. The molecule has 0 aliphatic heterocycles. The summed E-state index contributed by atoms with van der Waals surface area (Å²) in [5.41, 5.74) is 2.42. The van der Waals surface area contributed by atoms with Crippen LogP contribution < -0.4 is 9.47 Å². The minimum absolute atomic E-state index is 0.158. The monoisotopic (exact) mass is 334 g/mol. The van der Waals surface area contributed by atoms with E-state index in [9.17, 15) is 0 Å². The number of nitriles is 1. The lowest BCUT2D eigenvalue weighted by atomic mass is 10.1. The predicted molar refractivity (Wildman–Crippen MR) is 97.3 cm³/mol. The van der Waals surface area contributed by atoms with Gasteiger partial charge in [0.2, 0.25) is 13.3 Å². The van der Waals surface area contributed by atoms with Gasteiger partial charge in [-0.1, -0.05) is 24.3 Å². The minimum atomic E-state index is 0.158. The molecular formula is C21H22N2O2. The summed E-state index contributed by atoms with van der Waals surface area (Å²) in [4.78, 5) is 3.36. The number of rotatable bonds is 10. The Hall–Kier alpha value is -2.98. The van der Waals surface area contributed by atoms with Crippen LogP contribution in [0.25, 0.3) is 4.85 Å².